The van der Waals surface area contributed by atoms with Crippen LogP contribution in [0.25, 0.3) is 0 Å². The lowest BCUT2D eigenvalue weighted by atomic mass is 9.93. The van der Waals surface area contributed by atoms with Crippen LogP contribution in [-0.2, 0) is 14.3 Å². The molecule has 0 aromatic carbocycles. The fraction of sp³-hybridized carbons (Fsp3) is 0.900. The summed E-state index contributed by atoms with van der Waals surface area (Å²) in [5.41, 5.74) is 0.00268. The molecular formula is C10H20O3. The maximum absolute atomic E-state index is 11.1. The first kappa shape index (κ1) is 12.4. The Morgan fingerprint density at radius 2 is 1.85 bits per heavy atom. The highest BCUT2D eigenvalue weighted by Crippen LogP contribution is 2.18. The summed E-state index contributed by atoms with van der Waals surface area (Å²) in [6.07, 6.45) is 0.457. The fourth-order valence-electron chi connectivity index (χ4n) is 0.843. The van der Waals surface area contributed by atoms with Gasteiger partial charge in [0.05, 0.1) is 13.0 Å². The molecule has 0 aromatic heterocycles. The molecule has 0 saturated carbocycles. The lowest BCUT2D eigenvalue weighted by molar-refractivity contribution is -0.147. The maximum Gasteiger partial charge on any atom is 0.306 e. The van der Waals surface area contributed by atoms with Crippen LogP contribution in [0.1, 0.15) is 34.1 Å². The number of esters is 1. The molecule has 0 amide bonds. The monoisotopic (exact) mass is 188 g/mol. The van der Waals surface area contributed by atoms with Gasteiger partial charge in [-0.3, -0.25) is 4.79 Å². The van der Waals surface area contributed by atoms with E-state index in [1.807, 2.05) is 27.7 Å². The standard InChI is InChI=1S/C10H20O3/c1-5-12-6-7-13-9(11)8-10(2,3)4/h5-8H2,1-4H3. The van der Waals surface area contributed by atoms with Crippen molar-refractivity contribution in [3.8, 4) is 0 Å². The summed E-state index contributed by atoms with van der Waals surface area (Å²) >= 11 is 0. The van der Waals surface area contributed by atoms with E-state index in [0.717, 1.165) is 0 Å². The van der Waals surface area contributed by atoms with Gasteiger partial charge in [0.25, 0.3) is 0 Å². The number of hydrogen-bond donors (Lipinski definition) is 0. The van der Waals surface area contributed by atoms with E-state index in [9.17, 15) is 4.79 Å². The minimum Gasteiger partial charge on any atom is -0.463 e. The molecular weight excluding hydrogens is 168 g/mol. The topological polar surface area (TPSA) is 35.5 Å². The van der Waals surface area contributed by atoms with Gasteiger partial charge in [-0.1, -0.05) is 20.8 Å². The molecule has 0 saturated heterocycles. The largest absolute Gasteiger partial charge is 0.463 e. The molecule has 0 atom stereocenters. The highest BCUT2D eigenvalue weighted by atomic mass is 16.6. The summed E-state index contributed by atoms with van der Waals surface area (Å²) in [5.74, 6) is -0.146. The second kappa shape index (κ2) is 5.97. The van der Waals surface area contributed by atoms with Crippen molar-refractivity contribution in [3.63, 3.8) is 0 Å². The molecule has 0 fully saturated rings. The van der Waals surface area contributed by atoms with E-state index in [1.54, 1.807) is 0 Å². The molecule has 3 heteroatoms. The number of ether oxygens (including phenoxy) is 2. The molecule has 0 bridgehead atoms. The maximum atomic E-state index is 11.1. The average molecular weight is 188 g/mol. The summed E-state index contributed by atoms with van der Waals surface area (Å²) in [4.78, 5) is 11.1. The van der Waals surface area contributed by atoms with Crippen LogP contribution in [0, 0.1) is 5.41 Å². The third kappa shape index (κ3) is 9.34. The van der Waals surface area contributed by atoms with Gasteiger partial charge in [-0.15, -0.1) is 0 Å². The van der Waals surface area contributed by atoms with Gasteiger partial charge < -0.3 is 9.47 Å². The Balaban J connectivity index is 3.41. The Kier molecular flexibility index (Phi) is 5.71. The van der Waals surface area contributed by atoms with Crippen molar-refractivity contribution in [2.75, 3.05) is 19.8 Å². The Labute approximate surface area is 80.4 Å². The Morgan fingerprint density at radius 1 is 1.23 bits per heavy atom. The fourth-order valence-corrected chi connectivity index (χ4v) is 0.843. The highest BCUT2D eigenvalue weighted by Gasteiger charge is 2.16. The summed E-state index contributed by atoms with van der Waals surface area (Å²) < 4.78 is 9.99. The second-order valence-electron chi connectivity index (χ2n) is 4.15. The van der Waals surface area contributed by atoms with E-state index >= 15 is 0 Å². The van der Waals surface area contributed by atoms with Crippen molar-refractivity contribution in [1.29, 1.82) is 0 Å². The molecule has 0 aromatic rings. The summed E-state index contributed by atoms with van der Waals surface area (Å²) in [5, 5.41) is 0. The lowest BCUT2D eigenvalue weighted by Crippen LogP contribution is -2.17. The molecule has 13 heavy (non-hydrogen) atoms. The molecule has 0 aliphatic heterocycles. The number of carbonyl (C=O) groups is 1. The van der Waals surface area contributed by atoms with Gasteiger partial charge in [0.15, 0.2) is 0 Å². The first-order valence-corrected chi connectivity index (χ1v) is 4.69. The van der Waals surface area contributed by atoms with Crippen molar-refractivity contribution in [2.45, 2.75) is 34.1 Å². The smallest absolute Gasteiger partial charge is 0.306 e. The minimum atomic E-state index is -0.146. The third-order valence-corrected chi connectivity index (χ3v) is 1.37. The second-order valence-corrected chi connectivity index (χ2v) is 4.15. The molecule has 0 radical (unpaired) electrons. The van der Waals surface area contributed by atoms with Gasteiger partial charge in [0, 0.05) is 6.61 Å². The quantitative estimate of drug-likeness (QED) is 0.489. The van der Waals surface area contributed by atoms with Crippen LogP contribution in [-0.4, -0.2) is 25.8 Å². The summed E-state index contributed by atoms with van der Waals surface area (Å²) in [6, 6.07) is 0. The van der Waals surface area contributed by atoms with Crippen LogP contribution in [0.5, 0.6) is 0 Å². The molecule has 0 aliphatic carbocycles. The van der Waals surface area contributed by atoms with Crippen LogP contribution < -0.4 is 0 Å². The summed E-state index contributed by atoms with van der Waals surface area (Å²) in [6.45, 7) is 9.47. The molecule has 78 valence electrons. The zero-order valence-corrected chi connectivity index (χ0v) is 9.05. The van der Waals surface area contributed by atoms with Gasteiger partial charge in [0.1, 0.15) is 6.61 Å². The van der Waals surface area contributed by atoms with Gasteiger partial charge >= 0.3 is 5.97 Å². The van der Waals surface area contributed by atoms with Crippen LogP contribution in [0.15, 0.2) is 0 Å². The summed E-state index contributed by atoms with van der Waals surface area (Å²) in [7, 11) is 0. The van der Waals surface area contributed by atoms with Crippen molar-refractivity contribution < 1.29 is 14.3 Å². The Bertz CT molecular complexity index is 147. The Morgan fingerprint density at radius 3 is 2.31 bits per heavy atom. The van der Waals surface area contributed by atoms with Gasteiger partial charge in [-0.05, 0) is 12.3 Å². The van der Waals surface area contributed by atoms with E-state index in [2.05, 4.69) is 0 Å². The third-order valence-electron chi connectivity index (χ3n) is 1.37. The average Bonchev–Trinajstić information content (AvgIpc) is 1.94. The predicted octanol–water partition coefficient (Wildman–Crippen LogP) is 2.00. The van der Waals surface area contributed by atoms with Crippen LogP contribution in [0.2, 0.25) is 0 Å². The molecule has 0 heterocycles. The zero-order valence-electron chi connectivity index (χ0n) is 9.05. The first-order chi connectivity index (χ1) is 5.95. The van der Waals surface area contributed by atoms with Gasteiger partial charge in [-0.2, -0.15) is 0 Å². The van der Waals surface area contributed by atoms with Crippen LogP contribution in [0.3, 0.4) is 0 Å². The predicted molar refractivity (Wildman–Crippen MR) is 51.5 cm³/mol. The van der Waals surface area contributed by atoms with Crippen molar-refractivity contribution in [3.05, 3.63) is 0 Å². The number of carbonyl (C=O) groups excluding carboxylic acids is 1. The van der Waals surface area contributed by atoms with Crippen LogP contribution >= 0.6 is 0 Å². The number of rotatable bonds is 5. The van der Waals surface area contributed by atoms with E-state index in [4.69, 9.17) is 9.47 Å². The molecule has 0 rings (SSSR count). The van der Waals surface area contributed by atoms with Gasteiger partial charge in [-0.25, -0.2) is 0 Å². The SMILES string of the molecule is CCOCCOC(=O)CC(C)(C)C. The molecule has 0 spiro atoms. The van der Waals surface area contributed by atoms with E-state index < -0.39 is 0 Å². The minimum absolute atomic E-state index is 0.00268. The van der Waals surface area contributed by atoms with E-state index in [0.29, 0.717) is 26.2 Å². The lowest BCUT2D eigenvalue weighted by Gasteiger charge is -2.16. The zero-order chi connectivity index (χ0) is 10.3. The van der Waals surface area contributed by atoms with Crippen LogP contribution in [0.4, 0.5) is 0 Å². The molecule has 3 nitrogen and oxygen atoms in total. The molecule has 0 unspecified atom stereocenters. The van der Waals surface area contributed by atoms with E-state index in [1.165, 1.54) is 0 Å². The van der Waals surface area contributed by atoms with Crippen molar-refractivity contribution in [2.24, 2.45) is 5.41 Å². The Hall–Kier alpha value is -0.570. The normalized spacial score (nSPS) is 11.4. The first-order valence-electron chi connectivity index (χ1n) is 4.69. The van der Waals surface area contributed by atoms with Crippen molar-refractivity contribution in [1.82, 2.24) is 0 Å². The molecule has 0 N–H and O–H groups in total. The highest BCUT2D eigenvalue weighted by molar-refractivity contribution is 5.70. The van der Waals surface area contributed by atoms with E-state index in [-0.39, 0.29) is 11.4 Å². The molecule has 0 aliphatic rings. The number of hydrogen-bond acceptors (Lipinski definition) is 3. The van der Waals surface area contributed by atoms with Gasteiger partial charge in [0.2, 0.25) is 0 Å². The van der Waals surface area contributed by atoms with Crippen molar-refractivity contribution >= 4 is 5.97 Å².